The predicted octanol–water partition coefficient (Wildman–Crippen LogP) is 1.55. The van der Waals surface area contributed by atoms with E-state index in [9.17, 15) is 14.9 Å². The van der Waals surface area contributed by atoms with Gasteiger partial charge in [0.25, 0.3) is 0 Å². The number of esters is 1. The molecular weight excluding hydrogens is 290 g/mol. The number of nitrogens with one attached hydrogen (secondary N) is 2. The van der Waals surface area contributed by atoms with E-state index in [1.807, 2.05) is 0 Å². The highest BCUT2D eigenvalue weighted by atomic mass is 16.6. The van der Waals surface area contributed by atoms with E-state index in [2.05, 4.69) is 10.6 Å². The number of carbonyl (C=O) groups is 1. The van der Waals surface area contributed by atoms with Gasteiger partial charge in [0.1, 0.15) is 5.69 Å². The van der Waals surface area contributed by atoms with Crippen molar-refractivity contribution in [3.05, 3.63) is 27.8 Å². The summed E-state index contributed by atoms with van der Waals surface area (Å²) in [6.07, 6.45) is 1.01. The number of ether oxygens (including phenoxy) is 2. The molecule has 0 bridgehead atoms. The van der Waals surface area contributed by atoms with Gasteiger partial charge in [0.2, 0.25) is 0 Å². The van der Waals surface area contributed by atoms with Crippen LogP contribution in [0.1, 0.15) is 23.7 Å². The summed E-state index contributed by atoms with van der Waals surface area (Å²) in [5.74, 6) is -0.514. The Hall–Kier alpha value is -2.35. The van der Waals surface area contributed by atoms with Gasteiger partial charge in [-0.15, -0.1) is 0 Å². The maximum Gasteiger partial charge on any atom is 0.338 e. The van der Waals surface area contributed by atoms with Crippen molar-refractivity contribution in [2.24, 2.45) is 0 Å². The maximum atomic E-state index is 11.9. The highest BCUT2D eigenvalue weighted by Gasteiger charge is 2.26. The lowest BCUT2D eigenvalue weighted by atomic mass is 10.1. The van der Waals surface area contributed by atoms with E-state index in [0.717, 1.165) is 13.0 Å². The van der Waals surface area contributed by atoms with E-state index >= 15 is 0 Å². The molecule has 1 aromatic rings. The zero-order valence-corrected chi connectivity index (χ0v) is 12.5. The van der Waals surface area contributed by atoms with Crippen molar-refractivity contribution in [3.63, 3.8) is 0 Å². The lowest BCUT2D eigenvalue weighted by Gasteiger charge is -2.28. The molecule has 1 heterocycles. The van der Waals surface area contributed by atoms with Crippen molar-refractivity contribution in [1.29, 1.82) is 0 Å². The third-order valence-electron chi connectivity index (χ3n) is 3.45. The van der Waals surface area contributed by atoms with E-state index in [-0.39, 0.29) is 35.3 Å². The van der Waals surface area contributed by atoms with E-state index < -0.39 is 10.9 Å². The van der Waals surface area contributed by atoms with Crippen LogP contribution in [0.2, 0.25) is 0 Å². The number of anilines is 1. The second-order valence-corrected chi connectivity index (χ2v) is 4.87. The summed E-state index contributed by atoms with van der Waals surface area (Å²) in [4.78, 5) is 22.6. The molecule has 8 nitrogen and oxygen atoms in total. The number of rotatable bonds is 7. The summed E-state index contributed by atoms with van der Waals surface area (Å²) in [6.45, 7) is 3.41. The highest BCUT2D eigenvalue weighted by Crippen LogP contribution is 2.36. The van der Waals surface area contributed by atoms with Gasteiger partial charge < -0.3 is 20.1 Å². The molecule has 8 heteroatoms. The zero-order valence-electron chi connectivity index (χ0n) is 12.5. The van der Waals surface area contributed by atoms with Crippen LogP contribution in [0.25, 0.3) is 0 Å². The Morgan fingerprint density at radius 2 is 2.27 bits per heavy atom. The van der Waals surface area contributed by atoms with E-state index in [1.165, 1.54) is 19.2 Å². The smallest absolute Gasteiger partial charge is 0.338 e. The summed E-state index contributed by atoms with van der Waals surface area (Å²) >= 11 is 0. The number of nitro groups is 1. The molecule has 1 aromatic carbocycles. The fourth-order valence-corrected chi connectivity index (χ4v) is 2.17. The Labute approximate surface area is 127 Å². The van der Waals surface area contributed by atoms with E-state index in [1.54, 1.807) is 6.92 Å². The van der Waals surface area contributed by atoms with Crippen LogP contribution in [-0.4, -0.2) is 43.7 Å². The Balaban J connectivity index is 2.33. The maximum absolute atomic E-state index is 11.9. The molecule has 120 valence electrons. The quantitative estimate of drug-likeness (QED) is 0.447. The number of nitrogens with zero attached hydrogens (tertiary/aromatic N) is 1. The molecule has 1 aliphatic rings. The topological polar surface area (TPSA) is 103 Å². The van der Waals surface area contributed by atoms with Gasteiger partial charge in [-0.2, -0.15) is 0 Å². The molecular formula is C14H19N3O5. The molecule has 0 aliphatic carbocycles. The number of nitro benzene ring substituents is 1. The van der Waals surface area contributed by atoms with Crippen molar-refractivity contribution in [2.75, 3.05) is 32.1 Å². The van der Waals surface area contributed by atoms with Gasteiger partial charge in [-0.05, 0) is 26.0 Å². The van der Waals surface area contributed by atoms with Gasteiger partial charge in [0.15, 0.2) is 5.75 Å². The number of carbonyl (C=O) groups excluding carboxylic acids is 1. The fourth-order valence-electron chi connectivity index (χ4n) is 2.17. The SMILES string of the molecule is CCOC(=O)c1cc(NC[C@@H]2CCN2)c([N+](=O)[O-])c(OC)c1. The van der Waals surface area contributed by atoms with Crippen molar-refractivity contribution in [2.45, 2.75) is 19.4 Å². The zero-order chi connectivity index (χ0) is 16.1. The van der Waals surface area contributed by atoms with Crippen molar-refractivity contribution < 1.29 is 19.2 Å². The van der Waals surface area contributed by atoms with Gasteiger partial charge in [-0.3, -0.25) is 10.1 Å². The van der Waals surface area contributed by atoms with Crippen LogP contribution in [0, 0.1) is 10.1 Å². The monoisotopic (exact) mass is 309 g/mol. The number of methoxy groups -OCH3 is 1. The Bertz CT molecular complexity index is 572. The largest absolute Gasteiger partial charge is 0.490 e. The van der Waals surface area contributed by atoms with Crippen LogP contribution in [0.3, 0.4) is 0 Å². The molecule has 2 N–H and O–H groups in total. The third kappa shape index (κ3) is 3.45. The molecule has 0 spiro atoms. The molecule has 1 atom stereocenters. The number of benzene rings is 1. The Morgan fingerprint density at radius 1 is 1.55 bits per heavy atom. The fraction of sp³-hybridized carbons (Fsp3) is 0.500. The normalized spacial score (nSPS) is 16.5. The number of hydrogen-bond acceptors (Lipinski definition) is 7. The van der Waals surface area contributed by atoms with E-state index in [0.29, 0.717) is 6.54 Å². The van der Waals surface area contributed by atoms with Gasteiger partial charge >= 0.3 is 11.7 Å². The van der Waals surface area contributed by atoms with Crippen LogP contribution in [0.5, 0.6) is 5.75 Å². The summed E-state index contributed by atoms with van der Waals surface area (Å²) in [7, 11) is 1.33. The first-order valence-electron chi connectivity index (χ1n) is 7.07. The highest BCUT2D eigenvalue weighted by molar-refractivity contribution is 5.93. The predicted molar refractivity (Wildman–Crippen MR) is 80.5 cm³/mol. The van der Waals surface area contributed by atoms with Crippen molar-refractivity contribution >= 4 is 17.3 Å². The standard InChI is InChI=1S/C14H19N3O5/c1-3-22-14(18)9-6-11(16-8-10-4-5-15-10)13(17(19)20)12(7-9)21-2/h6-7,10,15-16H,3-5,8H2,1-2H3/t10-/m0/s1. The Kier molecular flexibility index (Phi) is 5.16. The molecule has 1 aliphatic heterocycles. The first-order chi connectivity index (χ1) is 10.6. The molecule has 0 radical (unpaired) electrons. The van der Waals surface area contributed by atoms with Crippen LogP contribution in [0.15, 0.2) is 12.1 Å². The Morgan fingerprint density at radius 3 is 2.77 bits per heavy atom. The molecule has 0 aromatic heterocycles. The van der Waals surface area contributed by atoms with Crippen LogP contribution < -0.4 is 15.4 Å². The first kappa shape index (κ1) is 16.0. The van der Waals surface area contributed by atoms with Crippen molar-refractivity contribution in [1.82, 2.24) is 5.32 Å². The number of hydrogen-bond donors (Lipinski definition) is 2. The minimum absolute atomic E-state index is 0.0274. The molecule has 0 saturated carbocycles. The summed E-state index contributed by atoms with van der Waals surface area (Å²) < 4.78 is 9.99. The third-order valence-corrected chi connectivity index (χ3v) is 3.45. The molecule has 2 rings (SSSR count). The minimum Gasteiger partial charge on any atom is -0.490 e. The minimum atomic E-state index is -0.541. The van der Waals surface area contributed by atoms with Gasteiger partial charge in [0, 0.05) is 18.7 Å². The first-order valence-corrected chi connectivity index (χ1v) is 7.07. The molecule has 1 fully saturated rings. The average molecular weight is 309 g/mol. The lowest BCUT2D eigenvalue weighted by Crippen LogP contribution is -2.47. The molecule has 0 unspecified atom stereocenters. The second-order valence-electron chi connectivity index (χ2n) is 4.87. The van der Waals surface area contributed by atoms with Gasteiger partial charge in [0.05, 0.1) is 24.2 Å². The summed E-state index contributed by atoms with van der Waals surface area (Å²) in [5.41, 5.74) is 0.282. The molecule has 1 saturated heterocycles. The van der Waals surface area contributed by atoms with Crippen LogP contribution >= 0.6 is 0 Å². The van der Waals surface area contributed by atoms with Gasteiger partial charge in [-0.25, -0.2) is 4.79 Å². The van der Waals surface area contributed by atoms with Crippen LogP contribution in [-0.2, 0) is 4.74 Å². The lowest BCUT2D eigenvalue weighted by molar-refractivity contribution is -0.384. The summed E-state index contributed by atoms with van der Waals surface area (Å²) in [5, 5.41) is 17.5. The second kappa shape index (κ2) is 7.08. The van der Waals surface area contributed by atoms with Crippen LogP contribution in [0.4, 0.5) is 11.4 Å². The van der Waals surface area contributed by atoms with Gasteiger partial charge in [-0.1, -0.05) is 0 Å². The van der Waals surface area contributed by atoms with E-state index in [4.69, 9.17) is 9.47 Å². The summed E-state index contributed by atoms with van der Waals surface area (Å²) in [6, 6.07) is 3.03. The molecule has 0 amide bonds. The van der Waals surface area contributed by atoms with Crippen molar-refractivity contribution in [3.8, 4) is 5.75 Å². The average Bonchev–Trinajstić information content (AvgIpc) is 2.44. The molecule has 22 heavy (non-hydrogen) atoms.